The first-order chi connectivity index (χ1) is 13.8. The molecule has 4 aromatic rings. The summed E-state index contributed by atoms with van der Waals surface area (Å²) in [4.78, 5) is 16.7. The average Bonchev–Trinajstić information content (AvgIpc) is 2.75. The van der Waals surface area contributed by atoms with Gasteiger partial charge >= 0.3 is 0 Å². The van der Waals surface area contributed by atoms with Gasteiger partial charge in [-0.15, -0.1) is 0 Å². The highest BCUT2D eigenvalue weighted by Gasteiger charge is 2.11. The van der Waals surface area contributed by atoms with Crippen LogP contribution in [-0.4, -0.2) is 22.9 Å². The van der Waals surface area contributed by atoms with E-state index in [4.69, 9.17) is 4.74 Å². The van der Waals surface area contributed by atoms with Crippen molar-refractivity contribution in [1.29, 1.82) is 0 Å². The van der Waals surface area contributed by atoms with Gasteiger partial charge in [-0.05, 0) is 54.1 Å². The molecule has 0 spiro atoms. The number of ether oxygens (including phenoxy) is 1. The third-order valence-corrected chi connectivity index (χ3v) is 4.30. The lowest BCUT2D eigenvalue weighted by molar-refractivity contribution is 0.415. The highest BCUT2D eigenvalue weighted by atomic mass is 16.5. The van der Waals surface area contributed by atoms with E-state index < -0.39 is 0 Å². The van der Waals surface area contributed by atoms with Crippen LogP contribution < -0.4 is 15.7 Å². The van der Waals surface area contributed by atoms with Crippen LogP contribution in [0.4, 0.5) is 5.95 Å². The molecule has 0 fully saturated rings. The molecule has 138 valence electrons. The lowest BCUT2D eigenvalue weighted by Gasteiger charge is -2.15. The van der Waals surface area contributed by atoms with Gasteiger partial charge in [-0.25, -0.2) is 5.43 Å². The van der Waals surface area contributed by atoms with Gasteiger partial charge in [-0.1, -0.05) is 30.3 Å². The number of nitrogens with zero attached hydrogens (tertiary/aromatic N) is 3. The van der Waals surface area contributed by atoms with Crippen molar-refractivity contribution in [3.63, 3.8) is 0 Å². The smallest absolute Gasteiger partial charge is 0.282 e. The minimum absolute atomic E-state index is 0.301. The zero-order valence-corrected chi connectivity index (χ0v) is 15.2. The van der Waals surface area contributed by atoms with Gasteiger partial charge < -0.3 is 4.74 Å². The summed E-state index contributed by atoms with van der Waals surface area (Å²) in [6.07, 6.45) is 1.66. The molecular formula is C22H18N4O2. The van der Waals surface area contributed by atoms with Gasteiger partial charge in [0.05, 0.1) is 24.2 Å². The number of benzene rings is 3. The van der Waals surface area contributed by atoms with Crippen molar-refractivity contribution in [2.45, 2.75) is 0 Å². The van der Waals surface area contributed by atoms with Crippen LogP contribution in [0.5, 0.6) is 5.75 Å². The monoisotopic (exact) mass is 370 g/mol. The SMILES string of the molecule is COc1ccc(/C=N\Nc2nc(=O)c3ccccc3n2-c2ccccc2)cc1. The maximum atomic E-state index is 12.5. The summed E-state index contributed by atoms with van der Waals surface area (Å²) in [6.45, 7) is 0. The van der Waals surface area contributed by atoms with Crippen LogP contribution in [0.25, 0.3) is 16.6 Å². The number of aromatic nitrogens is 2. The second kappa shape index (κ2) is 7.75. The number of rotatable bonds is 5. The lowest BCUT2D eigenvalue weighted by Crippen LogP contribution is -2.16. The Morgan fingerprint density at radius 3 is 2.43 bits per heavy atom. The summed E-state index contributed by atoms with van der Waals surface area (Å²) in [7, 11) is 1.62. The van der Waals surface area contributed by atoms with E-state index in [0.29, 0.717) is 11.3 Å². The Kier molecular flexibility index (Phi) is 4.84. The van der Waals surface area contributed by atoms with Crippen molar-refractivity contribution in [3.05, 3.63) is 94.8 Å². The van der Waals surface area contributed by atoms with Gasteiger partial charge in [0.15, 0.2) is 0 Å². The first-order valence-electron chi connectivity index (χ1n) is 8.76. The Hall–Kier alpha value is -3.93. The molecule has 28 heavy (non-hydrogen) atoms. The van der Waals surface area contributed by atoms with Crippen molar-refractivity contribution in [2.24, 2.45) is 5.10 Å². The Balaban J connectivity index is 1.75. The molecule has 0 bridgehead atoms. The molecule has 1 aromatic heterocycles. The van der Waals surface area contributed by atoms with E-state index in [9.17, 15) is 4.79 Å². The van der Waals surface area contributed by atoms with E-state index in [0.717, 1.165) is 22.5 Å². The average molecular weight is 370 g/mol. The fourth-order valence-corrected chi connectivity index (χ4v) is 2.94. The molecule has 0 aliphatic rings. The molecule has 0 unspecified atom stereocenters. The minimum atomic E-state index is -0.301. The second-order valence-corrected chi connectivity index (χ2v) is 6.07. The van der Waals surface area contributed by atoms with Crippen LogP contribution in [0.15, 0.2) is 88.8 Å². The van der Waals surface area contributed by atoms with E-state index in [-0.39, 0.29) is 5.56 Å². The molecular weight excluding hydrogens is 352 g/mol. The van der Waals surface area contributed by atoms with Gasteiger partial charge in [-0.2, -0.15) is 10.1 Å². The second-order valence-electron chi connectivity index (χ2n) is 6.07. The molecule has 0 saturated carbocycles. The number of hydrogen-bond donors (Lipinski definition) is 1. The summed E-state index contributed by atoms with van der Waals surface area (Å²) in [5.74, 6) is 1.12. The van der Waals surface area contributed by atoms with Crippen LogP contribution in [0.1, 0.15) is 5.56 Å². The molecule has 1 heterocycles. The number of hydrogen-bond acceptors (Lipinski definition) is 5. The fraction of sp³-hybridized carbons (Fsp3) is 0.0455. The first-order valence-corrected chi connectivity index (χ1v) is 8.76. The van der Waals surface area contributed by atoms with Crippen molar-refractivity contribution >= 4 is 23.1 Å². The minimum Gasteiger partial charge on any atom is -0.497 e. The van der Waals surface area contributed by atoms with Crippen LogP contribution in [0.3, 0.4) is 0 Å². The molecule has 6 heteroatoms. The maximum absolute atomic E-state index is 12.5. The van der Waals surface area contributed by atoms with Crippen LogP contribution in [-0.2, 0) is 0 Å². The summed E-state index contributed by atoms with van der Waals surface area (Å²) < 4.78 is 7.03. The van der Waals surface area contributed by atoms with E-state index in [2.05, 4.69) is 15.5 Å². The first kappa shape index (κ1) is 17.5. The van der Waals surface area contributed by atoms with E-state index >= 15 is 0 Å². The molecule has 4 rings (SSSR count). The number of fused-ring (bicyclic) bond motifs is 1. The van der Waals surface area contributed by atoms with Gasteiger partial charge in [0.2, 0.25) is 5.95 Å². The number of hydrazone groups is 1. The largest absolute Gasteiger partial charge is 0.497 e. The molecule has 0 saturated heterocycles. The topological polar surface area (TPSA) is 68.5 Å². The highest BCUT2D eigenvalue weighted by molar-refractivity contribution is 5.82. The third kappa shape index (κ3) is 3.48. The Bertz CT molecular complexity index is 1180. The zero-order chi connectivity index (χ0) is 19.3. The summed E-state index contributed by atoms with van der Waals surface area (Å²) in [6, 6.07) is 24.6. The van der Waals surface area contributed by atoms with Gasteiger partial charge in [0, 0.05) is 5.69 Å². The van der Waals surface area contributed by atoms with Gasteiger partial charge in [0.25, 0.3) is 5.56 Å². The number of methoxy groups -OCH3 is 1. The Morgan fingerprint density at radius 2 is 1.68 bits per heavy atom. The summed E-state index contributed by atoms with van der Waals surface area (Å²) in [5.41, 5.74) is 5.15. The van der Waals surface area contributed by atoms with Crippen molar-refractivity contribution < 1.29 is 4.74 Å². The number of anilines is 1. The lowest BCUT2D eigenvalue weighted by atomic mass is 10.2. The fourth-order valence-electron chi connectivity index (χ4n) is 2.94. The molecule has 0 aliphatic heterocycles. The third-order valence-electron chi connectivity index (χ3n) is 4.30. The molecule has 6 nitrogen and oxygen atoms in total. The molecule has 0 aliphatic carbocycles. The van der Waals surface area contributed by atoms with E-state index in [1.54, 1.807) is 19.4 Å². The van der Waals surface area contributed by atoms with Crippen molar-refractivity contribution in [1.82, 2.24) is 9.55 Å². The predicted octanol–water partition coefficient (Wildman–Crippen LogP) is 3.84. The van der Waals surface area contributed by atoms with Crippen LogP contribution in [0.2, 0.25) is 0 Å². The quantitative estimate of drug-likeness (QED) is 0.428. The van der Waals surface area contributed by atoms with Gasteiger partial charge in [-0.3, -0.25) is 9.36 Å². The summed E-state index contributed by atoms with van der Waals surface area (Å²) >= 11 is 0. The van der Waals surface area contributed by atoms with Gasteiger partial charge in [0.1, 0.15) is 5.75 Å². The predicted molar refractivity (Wildman–Crippen MR) is 112 cm³/mol. The van der Waals surface area contributed by atoms with E-state index in [1.807, 2.05) is 77.4 Å². The van der Waals surface area contributed by atoms with Crippen molar-refractivity contribution in [3.8, 4) is 11.4 Å². The standard InChI is InChI=1S/C22H18N4O2/c1-28-18-13-11-16(12-14-18)15-23-25-22-24-21(27)19-9-5-6-10-20(19)26(22)17-7-3-2-4-8-17/h2-15H,1H3,(H,24,25,27)/b23-15-. The Labute approximate surface area is 161 Å². The van der Waals surface area contributed by atoms with Crippen molar-refractivity contribution in [2.75, 3.05) is 12.5 Å². The van der Waals surface area contributed by atoms with Crippen LogP contribution in [0, 0.1) is 0 Å². The summed E-state index contributed by atoms with van der Waals surface area (Å²) in [5, 5.41) is 4.82. The zero-order valence-electron chi connectivity index (χ0n) is 15.2. The van der Waals surface area contributed by atoms with E-state index in [1.165, 1.54) is 0 Å². The molecule has 1 N–H and O–H groups in total. The normalized spacial score (nSPS) is 11.0. The van der Waals surface area contributed by atoms with Crippen LogP contribution >= 0.6 is 0 Å². The number of nitrogens with one attached hydrogen (secondary N) is 1. The Morgan fingerprint density at radius 1 is 0.964 bits per heavy atom. The molecule has 0 atom stereocenters. The molecule has 0 radical (unpaired) electrons. The number of para-hydroxylation sites is 2. The highest BCUT2D eigenvalue weighted by Crippen LogP contribution is 2.20. The molecule has 3 aromatic carbocycles. The maximum Gasteiger partial charge on any atom is 0.282 e. The molecule has 0 amide bonds.